The second-order valence-electron chi connectivity index (χ2n) is 6.60. The summed E-state index contributed by atoms with van der Waals surface area (Å²) in [5.41, 5.74) is 2.28. The van der Waals surface area contributed by atoms with Gasteiger partial charge in [-0.3, -0.25) is 4.79 Å². The fourth-order valence-electron chi connectivity index (χ4n) is 2.80. The fourth-order valence-corrected chi connectivity index (χ4v) is 3.80. The molecule has 0 aromatic heterocycles. The van der Waals surface area contributed by atoms with Gasteiger partial charge in [-0.25, -0.2) is 9.79 Å². The predicted molar refractivity (Wildman–Crippen MR) is 127 cm³/mol. The molecule has 1 aliphatic heterocycles. The summed E-state index contributed by atoms with van der Waals surface area (Å²) in [5.74, 6) is 0.193. The number of amidine groups is 1. The van der Waals surface area contributed by atoms with Crippen molar-refractivity contribution in [3.8, 4) is 11.5 Å². The van der Waals surface area contributed by atoms with Crippen LogP contribution in [0.25, 0.3) is 6.08 Å². The summed E-state index contributed by atoms with van der Waals surface area (Å²) >= 11 is 7.39. The minimum Gasteiger partial charge on any atom is -0.490 e. The third-order valence-electron chi connectivity index (χ3n) is 4.33. The van der Waals surface area contributed by atoms with Crippen LogP contribution >= 0.6 is 23.4 Å². The van der Waals surface area contributed by atoms with E-state index in [1.807, 2.05) is 26.0 Å². The lowest BCUT2D eigenvalue weighted by atomic mass is 10.2. The van der Waals surface area contributed by atoms with Gasteiger partial charge in [0.05, 0.1) is 23.8 Å². The Morgan fingerprint density at radius 3 is 2.72 bits per heavy atom. The van der Waals surface area contributed by atoms with Crippen molar-refractivity contribution in [3.63, 3.8) is 0 Å². The van der Waals surface area contributed by atoms with Crippen molar-refractivity contribution >= 4 is 52.2 Å². The van der Waals surface area contributed by atoms with Gasteiger partial charge in [0.1, 0.15) is 0 Å². The lowest BCUT2D eigenvalue weighted by molar-refractivity contribution is -0.145. The first kappa shape index (κ1) is 23.7. The third kappa shape index (κ3) is 6.05. The lowest BCUT2D eigenvalue weighted by Crippen LogP contribution is -2.19. The number of esters is 1. The number of hydrogen-bond donors (Lipinski definition) is 1. The molecule has 0 spiro atoms. The second kappa shape index (κ2) is 11.1. The average Bonchev–Trinajstić information content (AvgIpc) is 3.10. The van der Waals surface area contributed by atoms with Gasteiger partial charge in [-0.15, -0.1) is 0 Å². The van der Waals surface area contributed by atoms with E-state index in [-0.39, 0.29) is 19.1 Å². The first-order chi connectivity index (χ1) is 15.4. The summed E-state index contributed by atoms with van der Waals surface area (Å²) in [6, 6.07) is 10.7. The van der Waals surface area contributed by atoms with Crippen LogP contribution in [0.5, 0.6) is 11.5 Å². The van der Waals surface area contributed by atoms with E-state index < -0.39 is 5.97 Å². The fraction of sp³-hybridized carbons (Fsp3) is 0.261. The number of aliphatic imine (C=N–C) groups is 1. The molecule has 1 amide bonds. The molecule has 0 saturated carbocycles. The summed E-state index contributed by atoms with van der Waals surface area (Å²) in [4.78, 5) is 29.0. The van der Waals surface area contributed by atoms with E-state index in [0.717, 1.165) is 11.1 Å². The smallest absolute Gasteiger partial charge is 0.344 e. The molecule has 1 aliphatic rings. The van der Waals surface area contributed by atoms with E-state index >= 15 is 0 Å². The molecule has 3 rings (SSSR count). The lowest BCUT2D eigenvalue weighted by Gasteiger charge is -2.12. The van der Waals surface area contributed by atoms with Crippen molar-refractivity contribution in [2.45, 2.75) is 20.8 Å². The van der Waals surface area contributed by atoms with Crippen LogP contribution < -0.4 is 14.8 Å². The molecule has 1 saturated heterocycles. The van der Waals surface area contributed by atoms with Gasteiger partial charge in [0, 0.05) is 5.02 Å². The minimum atomic E-state index is -0.457. The van der Waals surface area contributed by atoms with Crippen LogP contribution in [0, 0.1) is 6.92 Å². The Morgan fingerprint density at radius 2 is 1.97 bits per heavy atom. The average molecular weight is 475 g/mol. The van der Waals surface area contributed by atoms with Crippen LogP contribution in [-0.2, 0) is 14.3 Å². The van der Waals surface area contributed by atoms with Crippen LogP contribution in [0.2, 0.25) is 5.02 Å². The van der Waals surface area contributed by atoms with Crippen LogP contribution in [0.1, 0.15) is 25.0 Å². The number of nitrogens with zero attached hydrogens (tertiary/aromatic N) is 1. The Labute approximate surface area is 195 Å². The Balaban J connectivity index is 1.79. The summed E-state index contributed by atoms with van der Waals surface area (Å²) in [5, 5.41) is 3.86. The van der Waals surface area contributed by atoms with Crippen LogP contribution in [0.15, 0.2) is 46.3 Å². The molecule has 0 atom stereocenters. The third-order valence-corrected chi connectivity index (χ3v) is 5.65. The monoisotopic (exact) mass is 474 g/mol. The molecule has 0 aliphatic carbocycles. The van der Waals surface area contributed by atoms with Gasteiger partial charge in [0.15, 0.2) is 23.3 Å². The number of carbonyl (C=O) groups excluding carboxylic acids is 2. The van der Waals surface area contributed by atoms with Crippen LogP contribution in [-0.4, -0.2) is 36.9 Å². The zero-order valence-corrected chi connectivity index (χ0v) is 19.5. The predicted octanol–water partition coefficient (Wildman–Crippen LogP) is 4.88. The molecule has 168 valence electrons. The number of nitrogens with one attached hydrogen (secondary N) is 1. The molecule has 2 aromatic rings. The van der Waals surface area contributed by atoms with Crippen molar-refractivity contribution in [1.29, 1.82) is 0 Å². The van der Waals surface area contributed by atoms with Crippen LogP contribution in [0.3, 0.4) is 0 Å². The van der Waals surface area contributed by atoms with E-state index in [1.54, 1.807) is 37.3 Å². The van der Waals surface area contributed by atoms with E-state index in [4.69, 9.17) is 25.8 Å². The molecule has 7 nitrogen and oxygen atoms in total. The maximum atomic E-state index is 12.4. The molecule has 0 radical (unpaired) electrons. The molecule has 0 bridgehead atoms. The number of rotatable bonds is 8. The number of thioether (sulfide) groups is 1. The Morgan fingerprint density at radius 1 is 1.16 bits per heavy atom. The van der Waals surface area contributed by atoms with Gasteiger partial charge in [-0.05, 0) is 74.0 Å². The summed E-state index contributed by atoms with van der Waals surface area (Å²) in [6.45, 7) is 5.95. The first-order valence-electron chi connectivity index (χ1n) is 10.0. The van der Waals surface area contributed by atoms with Crippen molar-refractivity contribution in [1.82, 2.24) is 5.32 Å². The summed E-state index contributed by atoms with van der Waals surface area (Å²) in [6.07, 6.45) is 1.74. The minimum absolute atomic E-state index is 0.213. The van der Waals surface area contributed by atoms with Gasteiger partial charge >= 0.3 is 5.97 Å². The number of amides is 1. The standard InChI is InChI=1S/C23H23ClN2O5S/c1-4-29-19-11-15(9-10-18(19)31-13-21(27)30-5-2)12-20-22(28)26-23(32-20)25-17-8-6-7-16(24)14(17)3/h6-12H,4-5,13H2,1-3H3,(H,25,26,28)/b20-12+. The molecular formula is C23H23ClN2O5S. The van der Waals surface area contributed by atoms with E-state index in [0.29, 0.717) is 38.9 Å². The maximum Gasteiger partial charge on any atom is 0.344 e. The molecule has 9 heteroatoms. The molecule has 1 heterocycles. The second-order valence-corrected chi connectivity index (χ2v) is 8.04. The zero-order valence-electron chi connectivity index (χ0n) is 17.9. The number of benzene rings is 2. The molecule has 1 N–H and O–H groups in total. The van der Waals surface area contributed by atoms with Gasteiger partial charge in [-0.2, -0.15) is 0 Å². The highest BCUT2D eigenvalue weighted by Crippen LogP contribution is 2.33. The van der Waals surface area contributed by atoms with E-state index in [9.17, 15) is 9.59 Å². The summed E-state index contributed by atoms with van der Waals surface area (Å²) in [7, 11) is 0. The topological polar surface area (TPSA) is 86.2 Å². The first-order valence-corrected chi connectivity index (χ1v) is 11.2. The zero-order chi connectivity index (χ0) is 23.1. The Kier molecular flexibility index (Phi) is 8.19. The van der Waals surface area contributed by atoms with Crippen LogP contribution in [0.4, 0.5) is 5.69 Å². The van der Waals surface area contributed by atoms with Gasteiger partial charge < -0.3 is 19.5 Å². The maximum absolute atomic E-state index is 12.4. The van der Waals surface area contributed by atoms with Crippen molar-refractivity contribution in [2.75, 3.05) is 19.8 Å². The van der Waals surface area contributed by atoms with Gasteiger partial charge in [0.2, 0.25) is 0 Å². The number of halogens is 1. The normalized spacial score (nSPS) is 15.7. The van der Waals surface area contributed by atoms with Crippen molar-refractivity contribution in [2.24, 2.45) is 4.99 Å². The Hall–Kier alpha value is -2.97. The molecule has 2 aromatic carbocycles. The van der Waals surface area contributed by atoms with E-state index in [2.05, 4.69) is 10.3 Å². The highest BCUT2D eigenvalue weighted by Gasteiger charge is 2.24. The highest BCUT2D eigenvalue weighted by atomic mass is 35.5. The van der Waals surface area contributed by atoms with Gasteiger partial charge in [0.25, 0.3) is 5.91 Å². The van der Waals surface area contributed by atoms with E-state index in [1.165, 1.54) is 11.8 Å². The summed E-state index contributed by atoms with van der Waals surface area (Å²) < 4.78 is 16.0. The SMILES string of the molecule is CCOC(=O)COc1ccc(/C=C2/SC(=Nc3cccc(Cl)c3C)NC2=O)cc1OCC. The molecular weight excluding hydrogens is 452 g/mol. The quantitative estimate of drug-likeness (QED) is 0.433. The highest BCUT2D eigenvalue weighted by molar-refractivity contribution is 8.18. The molecule has 0 unspecified atom stereocenters. The largest absolute Gasteiger partial charge is 0.490 e. The van der Waals surface area contributed by atoms with Gasteiger partial charge in [-0.1, -0.05) is 23.7 Å². The number of hydrogen-bond acceptors (Lipinski definition) is 7. The number of ether oxygens (including phenoxy) is 3. The Bertz CT molecular complexity index is 1080. The van der Waals surface area contributed by atoms with Crippen molar-refractivity contribution < 1.29 is 23.8 Å². The molecule has 1 fully saturated rings. The van der Waals surface area contributed by atoms with Crippen molar-refractivity contribution in [3.05, 3.63) is 57.5 Å². The number of carbonyl (C=O) groups is 2. The molecule has 32 heavy (non-hydrogen) atoms.